The molecule has 2 rings (SSSR count). The molecule has 0 N–H and O–H groups in total. The SMILES string of the molecule is O=C1OC(=O)[C@H]2CCCCC[C@H]12. The van der Waals surface area contributed by atoms with Crippen LogP contribution in [-0.4, -0.2) is 11.9 Å². The van der Waals surface area contributed by atoms with Gasteiger partial charge in [0.1, 0.15) is 0 Å². The number of carbonyl (C=O) groups is 2. The van der Waals surface area contributed by atoms with Crippen LogP contribution in [0.1, 0.15) is 32.1 Å². The molecule has 0 aromatic heterocycles. The molecular weight excluding hydrogens is 156 g/mol. The van der Waals surface area contributed by atoms with Gasteiger partial charge in [0.25, 0.3) is 0 Å². The molecule has 0 unspecified atom stereocenters. The van der Waals surface area contributed by atoms with E-state index >= 15 is 0 Å². The van der Waals surface area contributed by atoms with Gasteiger partial charge in [0.2, 0.25) is 0 Å². The molecule has 66 valence electrons. The largest absolute Gasteiger partial charge is 0.393 e. The van der Waals surface area contributed by atoms with Crippen molar-refractivity contribution in [1.82, 2.24) is 0 Å². The van der Waals surface area contributed by atoms with Crippen molar-refractivity contribution in [3.05, 3.63) is 0 Å². The van der Waals surface area contributed by atoms with E-state index in [1.165, 1.54) is 0 Å². The second-order valence-corrected chi connectivity index (χ2v) is 3.59. The maximum Gasteiger partial charge on any atom is 0.317 e. The van der Waals surface area contributed by atoms with Crippen molar-refractivity contribution >= 4 is 11.9 Å². The van der Waals surface area contributed by atoms with E-state index in [9.17, 15) is 9.59 Å². The van der Waals surface area contributed by atoms with Gasteiger partial charge in [-0.25, -0.2) is 0 Å². The highest BCUT2D eigenvalue weighted by molar-refractivity contribution is 5.96. The lowest BCUT2D eigenvalue weighted by atomic mass is 9.91. The minimum absolute atomic E-state index is 0.111. The van der Waals surface area contributed by atoms with Gasteiger partial charge < -0.3 is 4.74 Å². The van der Waals surface area contributed by atoms with Crippen molar-refractivity contribution in [3.63, 3.8) is 0 Å². The minimum atomic E-state index is -0.285. The highest BCUT2D eigenvalue weighted by Crippen LogP contribution is 2.35. The van der Waals surface area contributed by atoms with Gasteiger partial charge >= 0.3 is 11.9 Å². The van der Waals surface area contributed by atoms with E-state index in [1.54, 1.807) is 0 Å². The Kier molecular flexibility index (Phi) is 1.87. The summed E-state index contributed by atoms with van der Waals surface area (Å²) in [6.07, 6.45) is 4.95. The predicted octanol–water partition coefficient (Wildman–Crippen LogP) is 1.27. The van der Waals surface area contributed by atoms with E-state index in [0.717, 1.165) is 32.1 Å². The maximum atomic E-state index is 11.1. The highest BCUT2D eigenvalue weighted by atomic mass is 16.6. The first-order chi connectivity index (χ1) is 5.79. The van der Waals surface area contributed by atoms with E-state index in [0.29, 0.717) is 0 Å². The number of fused-ring (bicyclic) bond motifs is 1. The van der Waals surface area contributed by atoms with Gasteiger partial charge in [-0.3, -0.25) is 9.59 Å². The molecule has 0 aromatic rings. The number of hydrogen-bond donors (Lipinski definition) is 0. The number of hydrogen-bond acceptors (Lipinski definition) is 3. The summed E-state index contributed by atoms with van der Waals surface area (Å²) in [5.74, 6) is -0.793. The fourth-order valence-corrected chi connectivity index (χ4v) is 2.12. The van der Waals surface area contributed by atoms with Gasteiger partial charge in [0.15, 0.2) is 0 Å². The number of ether oxygens (including phenoxy) is 1. The van der Waals surface area contributed by atoms with E-state index in [4.69, 9.17) is 0 Å². The van der Waals surface area contributed by atoms with E-state index in [1.807, 2.05) is 0 Å². The van der Waals surface area contributed by atoms with Crippen molar-refractivity contribution < 1.29 is 14.3 Å². The monoisotopic (exact) mass is 168 g/mol. The zero-order chi connectivity index (χ0) is 8.55. The Labute approximate surface area is 71.1 Å². The molecule has 1 saturated heterocycles. The lowest BCUT2D eigenvalue weighted by Gasteiger charge is -2.06. The average Bonchev–Trinajstić information content (AvgIpc) is 2.29. The first kappa shape index (κ1) is 7.77. The molecule has 3 nitrogen and oxygen atoms in total. The van der Waals surface area contributed by atoms with Crippen LogP contribution in [0.15, 0.2) is 0 Å². The van der Waals surface area contributed by atoms with Crippen LogP contribution in [0.25, 0.3) is 0 Å². The molecule has 1 saturated carbocycles. The summed E-state index contributed by atoms with van der Waals surface area (Å²) in [5.41, 5.74) is 0. The molecule has 0 radical (unpaired) electrons. The van der Waals surface area contributed by atoms with E-state index in [-0.39, 0.29) is 23.8 Å². The zero-order valence-electron chi connectivity index (χ0n) is 6.91. The number of cyclic esters (lactones) is 2. The Morgan fingerprint density at radius 3 is 1.92 bits per heavy atom. The van der Waals surface area contributed by atoms with Gasteiger partial charge in [0, 0.05) is 0 Å². The summed E-state index contributed by atoms with van der Waals surface area (Å²) in [5, 5.41) is 0. The lowest BCUT2D eigenvalue weighted by molar-refractivity contribution is -0.154. The quantitative estimate of drug-likeness (QED) is 0.404. The summed E-state index contributed by atoms with van der Waals surface area (Å²) in [6, 6.07) is 0. The molecular formula is C9H12O3. The van der Waals surface area contributed by atoms with Gasteiger partial charge in [-0.15, -0.1) is 0 Å². The van der Waals surface area contributed by atoms with Crippen LogP contribution in [-0.2, 0) is 14.3 Å². The fraction of sp³-hybridized carbons (Fsp3) is 0.778. The molecule has 2 fully saturated rings. The third kappa shape index (κ3) is 1.13. The molecule has 2 aliphatic rings. The van der Waals surface area contributed by atoms with Gasteiger partial charge in [-0.2, -0.15) is 0 Å². The standard InChI is InChI=1S/C9H12O3/c10-8-6-4-2-1-3-5-7(6)9(11)12-8/h6-7H,1-5H2/t6-,7-/m0/s1. The van der Waals surface area contributed by atoms with Crippen LogP contribution < -0.4 is 0 Å². The first-order valence-electron chi connectivity index (χ1n) is 4.54. The lowest BCUT2D eigenvalue weighted by Crippen LogP contribution is -2.15. The molecule has 0 bridgehead atoms. The van der Waals surface area contributed by atoms with Gasteiger partial charge in [-0.05, 0) is 12.8 Å². The first-order valence-corrected chi connectivity index (χ1v) is 4.54. The second kappa shape index (κ2) is 2.88. The van der Waals surface area contributed by atoms with Crippen LogP contribution in [0.3, 0.4) is 0 Å². The van der Waals surface area contributed by atoms with Crippen molar-refractivity contribution in [2.75, 3.05) is 0 Å². The van der Waals surface area contributed by atoms with E-state index in [2.05, 4.69) is 4.74 Å². The molecule has 0 spiro atoms. The third-order valence-electron chi connectivity index (χ3n) is 2.82. The molecule has 3 heteroatoms. The minimum Gasteiger partial charge on any atom is -0.393 e. The summed E-state index contributed by atoms with van der Waals surface area (Å²) >= 11 is 0. The molecule has 1 aliphatic carbocycles. The maximum absolute atomic E-state index is 11.1. The van der Waals surface area contributed by atoms with Crippen molar-refractivity contribution in [1.29, 1.82) is 0 Å². The molecule has 0 amide bonds. The highest BCUT2D eigenvalue weighted by Gasteiger charge is 2.43. The Morgan fingerprint density at radius 1 is 0.917 bits per heavy atom. The summed E-state index contributed by atoms with van der Waals surface area (Å²) in [7, 11) is 0. The number of esters is 2. The summed E-state index contributed by atoms with van der Waals surface area (Å²) in [6.45, 7) is 0. The molecule has 2 atom stereocenters. The smallest absolute Gasteiger partial charge is 0.317 e. The zero-order valence-corrected chi connectivity index (χ0v) is 6.91. The number of carbonyl (C=O) groups excluding carboxylic acids is 2. The van der Waals surface area contributed by atoms with Crippen molar-refractivity contribution in [2.24, 2.45) is 11.8 Å². The van der Waals surface area contributed by atoms with Crippen LogP contribution in [0.2, 0.25) is 0 Å². The molecule has 1 aliphatic heterocycles. The Morgan fingerprint density at radius 2 is 1.42 bits per heavy atom. The van der Waals surface area contributed by atoms with E-state index < -0.39 is 0 Å². The summed E-state index contributed by atoms with van der Waals surface area (Å²) in [4.78, 5) is 22.3. The summed E-state index contributed by atoms with van der Waals surface area (Å²) < 4.78 is 4.59. The van der Waals surface area contributed by atoms with Crippen LogP contribution in [0.5, 0.6) is 0 Å². The second-order valence-electron chi connectivity index (χ2n) is 3.59. The van der Waals surface area contributed by atoms with Crippen molar-refractivity contribution in [3.8, 4) is 0 Å². The molecule has 12 heavy (non-hydrogen) atoms. The van der Waals surface area contributed by atoms with Crippen LogP contribution in [0, 0.1) is 11.8 Å². The normalized spacial score (nSPS) is 35.7. The Bertz CT molecular complexity index is 200. The van der Waals surface area contributed by atoms with Crippen LogP contribution in [0.4, 0.5) is 0 Å². The average molecular weight is 168 g/mol. The number of rotatable bonds is 0. The molecule has 1 heterocycles. The van der Waals surface area contributed by atoms with Gasteiger partial charge in [-0.1, -0.05) is 19.3 Å². The van der Waals surface area contributed by atoms with Gasteiger partial charge in [0.05, 0.1) is 11.8 Å². The van der Waals surface area contributed by atoms with Crippen molar-refractivity contribution in [2.45, 2.75) is 32.1 Å². The van der Waals surface area contributed by atoms with Crippen LogP contribution >= 0.6 is 0 Å². The predicted molar refractivity (Wildman–Crippen MR) is 41.2 cm³/mol. The Balaban J connectivity index is 2.17. The third-order valence-corrected chi connectivity index (χ3v) is 2.82. The molecule has 0 aromatic carbocycles. The fourth-order valence-electron chi connectivity index (χ4n) is 2.12. The Hall–Kier alpha value is -0.860. The topological polar surface area (TPSA) is 43.4 Å².